The molecule has 0 fully saturated rings. The number of phenols is 1. The first-order chi connectivity index (χ1) is 17.2. The van der Waals surface area contributed by atoms with Crippen LogP contribution in [0.5, 0.6) is 11.5 Å². The molecule has 0 aliphatic carbocycles. The van der Waals surface area contributed by atoms with Crippen molar-refractivity contribution in [1.29, 1.82) is 0 Å². The molecule has 0 bridgehead atoms. The van der Waals surface area contributed by atoms with E-state index in [4.69, 9.17) is 31.0 Å². The number of esters is 1. The van der Waals surface area contributed by atoms with Crippen molar-refractivity contribution in [2.24, 2.45) is 0 Å². The quantitative estimate of drug-likeness (QED) is 0.108. The van der Waals surface area contributed by atoms with Crippen molar-refractivity contribution in [1.82, 2.24) is 20.8 Å². The van der Waals surface area contributed by atoms with E-state index in [2.05, 4.69) is 27.4 Å². The van der Waals surface area contributed by atoms with Crippen LogP contribution < -0.4 is 15.4 Å². The molecule has 2 rings (SSSR count). The molecular weight excluding hydrogens is 528 g/mol. The van der Waals surface area contributed by atoms with Crippen molar-refractivity contribution in [3.63, 3.8) is 0 Å². The summed E-state index contributed by atoms with van der Waals surface area (Å²) in [6.07, 6.45) is 0.833. The van der Waals surface area contributed by atoms with Crippen molar-refractivity contribution >= 4 is 50.9 Å². The predicted octanol–water partition coefficient (Wildman–Crippen LogP) is 3.85. The first kappa shape index (κ1) is 29.3. The van der Waals surface area contributed by atoms with Gasteiger partial charge in [0.2, 0.25) is 5.89 Å². The summed E-state index contributed by atoms with van der Waals surface area (Å²) in [4.78, 5) is 28.8. The summed E-state index contributed by atoms with van der Waals surface area (Å²) in [5, 5.41) is 20.0. The Morgan fingerprint density at radius 1 is 1.36 bits per heavy atom. The van der Waals surface area contributed by atoms with Crippen molar-refractivity contribution in [3.05, 3.63) is 47.1 Å². The van der Waals surface area contributed by atoms with Crippen LogP contribution in [-0.2, 0) is 21.8 Å². The maximum atomic E-state index is 12.4. The average Bonchev–Trinajstić information content (AvgIpc) is 3.33. The van der Waals surface area contributed by atoms with Crippen LogP contribution in [0, 0.1) is 6.92 Å². The van der Waals surface area contributed by atoms with Gasteiger partial charge in [-0.1, -0.05) is 51.6 Å². The molecular formula is C22H28N4O7S3. The van der Waals surface area contributed by atoms with Gasteiger partial charge in [-0.2, -0.15) is 4.98 Å². The molecule has 1 aromatic carbocycles. The van der Waals surface area contributed by atoms with Gasteiger partial charge in [0.25, 0.3) is 0 Å². The molecule has 2 aromatic rings. The standard InChI is InChI=1S/C22H28N4O7S3/c1-6-7-32-22(29)23-9-18-25-20(33-26-18)15(24-13(3)34)11-36-35-10-14-16(27)8-17(30-4)12(2)19(14)21(28)31-5/h6,8,15,27H,1,7,9-11H2,2-5H3,(H,23,29)(H,24,34). The van der Waals surface area contributed by atoms with Crippen molar-refractivity contribution < 1.29 is 33.4 Å². The van der Waals surface area contributed by atoms with Crippen LogP contribution in [0.3, 0.4) is 0 Å². The highest BCUT2D eigenvalue weighted by Crippen LogP contribution is 2.38. The van der Waals surface area contributed by atoms with Crippen LogP contribution in [0.25, 0.3) is 0 Å². The van der Waals surface area contributed by atoms with Crippen LogP contribution in [-0.4, -0.2) is 58.9 Å². The lowest BCUT2D eigenvalue weighted by molar-refractivity contribution is 0.0598. The molecule has 0 saturated carbocycles. The first-order valence-electron chi connectivity index (χ1n) is 10.5. The summed E-state index contributed by atoms with van der Waals surface area (Å²) in [7, 11) is 5.62. The SMILES string of the molecule is C=CCOC(=O)NCc1noc(C(CSSCc2c(O)cc(OC)c(C)c2C(=O)OC)NC(C)=S)n1. The number of aromatic nitrogens is 2. The van der Waals surface area contributed by atoms with Gasteiger partial charge in [-0.05, 0) is 13.8 Å². The lowest BCUT2D eigenvalue weighted by Crippen LogP contribution is -2.27. The maximum Gasteiger partial charge on any atom is 0.407 e. The molecule has 1 atom stereocenters. The number of hydrogen-bond donors (Lipinski definition) is 3. The van der Waals surface area contributed by atoms with E-state index in [1.54, 1.807) is 13.8 Å². The molecule has 1 aromatic heterocycles. The molecule has 0 saturated heterocycles. The zero-order valence-electron chi connectivity index (χ0n) is 20.3. The fourth-order valence-corrected chi connectivity index (χ4v) is 5.38. The molecule has 3 N–H and O–H groups in total. The van der Waals surface area contributed by atoms with Crippen molar-refractivity contribution in [2.75, 3.05) is 26.6 Å². The minimum atomic E-state index is -0.624. The number of hydrogen-bond acceptors (Lipinski definition) is 12. The molecule has 1 unspecified atom stereocenters. The zero-order valence-corrected chi connectivity index (χ0v) is 22.7. The first-order valence-corrected chi connectivity index (χ1v) is 13.4. The third kappa shape index (κ3) is 8.31. The van der Waals surface area contributed by atoms with Crippen molar-refractivity contribution in [2.45, 2.75) is 32.2 Å². The molecule has 0 spiro atoms. The van der Waals surface area contributed by atoms with Gasteiger partial charge in [0.1, 0.15) is 24.1 Å². The highest BCUT2D eigenvalue weighted by Gasteiger charge is 2.24. The van der Waals surface area contributed by atoms with Gasteiger partial charge in [0, 0.05) is 28.7 Å². The Hall–Kier alpha value is -2.97. The van der Waals surface area contributed by atoms with Crippen LogP contribution in [0.4, 0.5) is 4.79 Å². The summed E-state index contributed by atoms with van der Waals surface area (Å²) in [5.41, 5.74) is 1.30. The summed E-state index contributed by atoms with van der Waals surface area (Å²) in [6, 6.07) is 1.07. The third-order valence-corrected chi connectivity index (χ3v) is 7.06. The largest absolute Gasteiger partial charge is 0.507 e. The van der Waals surface area contributed by atoms with Crippen LogP contribution in [0.2, 0.25) is 0 Å². The summed E-state index contributed by atoms with van der Waals surface area (Å²) >= 11 is 5.18. The Bertz CT molecular complexity index is 1090. The Kier molecular flexibility index (Phi) is 11.8. The monoisotopic (exact) mass is 556 g/mol. The number of nitrogens with one attached hydrogen (secondary N) is 2. The number of carbonyl (C=O) groups excluding carboxylic acids is 2. The van der Waals surface area contributed by atoms with Gasteiger partial charge in [0.05, 0.1) is 31.3 Å². The van der Waals surface area contributed by atoms with E-state index in [0.29, 0.717) is 39.3 Å². The molecule has 1 heterocycles. The van der Waals surface area contributed by atoms with E-state index in [0.717, 1.165) is 0 Å². The number of nitrogens with zero attached hydrogens (tertiary/aromatic N) is 2. The zero-order chi connectivity index (χ0) is 26.7. The molecule has 0 aliphatic heterocycles. The topological polar surface area (TPSA) is 145 Å². The highest BCUT2D eigenvalue weighted by molar-refractivity contribution is 8.76. The fourth-order valence-electron chi connectivity index (χ4n) is 2.99. The molecule has 0 radical (unpaired) electrons. The summed E-state index contributed by atoms with van der Waals surface area (Å²) < 4.78 is 20.3. The van der Waals surface area contributed by atoms with Gasteiger partial charge in [-0.15, -0.1) is 0 Å². The van der Waals surface area contributed by atoms with Crippen LogP contribution in [0.1, 0.15) is 46.2 Å². The van der Waals surface area contributed by atoms with E-state index >= 15 is 0 Å². The lowest BCUT2D eigenvalue weighted by Gasteiger charge is -2.17. The number of methoxy groups -OCH3 is 2. The molecule has 11 nitrogen and oxygen atoms in total. The van der Waals surface area contributed by atoms with Crippen LogP contribution >= 0.6 is 33.8 Å². The smallest absolute Gasteiger partial charge is 0.407 e. The van der Waals surface area contributed by atoms with E-state index in [1.807, 2.05) is 0 Å². The number of aromatic hydroxyl groups is 1. The number of alkyl carbamates (subject to hydrolysis) is 1. The van der Waals surface area contributed by atoms with Gasteiger partial charge >= 0.3 is 12.1 Å². The second kappa shape index (κ2) is 14.6. The minimum absolute atomic E-state index is 0.0249. The van der Waals surface area contributed by atoms with Crippen molar-refractivity contribution in [3.8, 4) is 11.5 Å². The highest BCUT2D eigenvalue weighted by atomic mass is 33.1. The summed E-state index contributed by atoms with van der Waals surface area (Å²) in [6.45, 7) is 7.05. The number of amides is 1. The molecule has 0 aliphatic rings. The Balaban J connectivity index is 2.04. The average molecular weight is 557 g/mol. The lowest BCUT2D eigenvalue weighted by atomic mass is 10.0. The molecule has 196 valence electrons. The summed E-state index contributed by atoms with van der Waals surface area (Å²) in [5.74, 6) is 1.13. The number of benzene rings is 1. The number of thiocarbonyl (C=S) groups is 1. The van der Waals surface area contributed by atoms with E-state index in [9.17, 15) is 14.7 Å². The Morgan fingerprint density at radius 2 is 2.11 bits per heavy atom. The number of ether oxygens (including phenoxy) is 3. The minimum Gasteiger partial charge on any atom is -0.507 e. The van der Waals surface area contributed by atoms with E-state index < -0.39 is 18.1 Å². The molecule has 36 heavy (non-hydrogen) atoms. The van der Waals surface area contributed by atoms with E-state index in [1.165, 1.54) is 47.9 Å². The Labute approximate surface area is 222 Å². The third-order valence-electron chi connectivity index (χ3n) is 4.64. The van der Waals surface area contributed by atoms with E-state index in [-0.39, 0.29) is 30.3 Å². The molecule has 1 amide bonds. The normalized spacial score (nSPS) is 11.3. The van der Waals surface area contributed by atoms with Crippen LogP contribution in [0.15, 0.2) is 23.2 Å². The van der Waals surface area contributed by atoms with Gasteiger partial charge in [0.15, 0.2) is 5.82 Å². The fraction of sp³-hybridized carbons (Fsp3) is 0.409. The number of carbonyl (C=O) groups is 2. The van der Waals surface area contributed by atoms with Gasteiger partial charge < -0.3 is 34.5 Å². The molecule has 14 heteroatoms. The van der Waals surface area contributed by atoms with Gasteiger partial charge in [-0.3, -0.25) is 0 Å². The van der Waals surface area contributed by atoms with Gasteiger partial charge in [-0.25, -0.2) is 9.59 Å². The predicted molar refractivity (Wildman–Crippen MR) is 141 cm³/mol. The number of rotatable bonds is 13. The second-order valence-corrected chi connectivity index (χ2v) is 10.3. The second-order valence-electron chi connectivity index (χ2n) is 7.16. The number of phenolic OH excluding ortho intramolecular Hbond substituents is 1. The maximum absolute atomic E-state index is 12.4. The Morgan fingerprint density at radius 3 is 2.75 bits per heavy atom.